The van der Waals surface area contributed by atoms with Crippen LogP contribution in [0, 0.1) is 13.8 Å². The van der Waals surface area contributed by atoms with E-state index in [1.807, 2.05) is 23.1 Å². The molecule has 0 aromatic carbocycles. The van der Waals surface area contributed by atoms with Crippen molar-refractivity contribution in [2.24, 2.45) is 0 Å². The van der Waals surface area contributed by atoms with E-state index in [9.17, 15) is 0 Å². The van der Waals surface area contributed by atoms with Gasteiger partial charge in [-0.2, -0.15) is 11.8 Å². The van der Waals surface area contributed by atoms with Gasteiger partial charge in [-0.1, -0.05) is 0 Å². The number of thiazole rings is 1. The third-order valence-electron chi connectivity index (χ3n) is 2.25. The molecule has 0 spiro atoms. The first-order valence-corrected chi connectivity index (χ1v) is 6.47. The largest absolute Gasteiger partial charge is 0.306 e. The second-order valence-corrected chi connectivity index (χ2v) is 5.73. The van der Waals surface area contributed by atoms with Crippen LogP contribution in [0.15, 0.2) is 0 Å². The molecule has 72 valence electrons. The molecule has 1 aromatic heterocycles. The maximum absolute atomic E-state index is 4.49. The normalized spacial score (nSPS) is 17.4. The van der Waals surface area contributed by atoms with Gasteiger partial charge in [0.25, 0.3) is 0 Å². The summed E-state index contributed by atoms with van der Waals surface area (Å²) >= 11 is 3.82. The SMILES string of the molecule is Cc1nc(CNC2CSC2)sc1C. The minimum Gasteiger partial charge on any atom is -0.306 e. The Morgan fingerprint density at radius 1 is 1.46 bits per heavy atom. The van der Waals surface area contributed by atoms with E-state index < -0.39 is 0 Å². The Bertz CT molecular complexity index is 272. The molecule has 2 nitrogen and oxygen atoms in total. The van der Waals surface area contributed by atoms with Crippen molar-refractivity contribution in [1.29, 1.82) is 0 Å². The van der Waals surface area contributed by atoms with Crippen LogP contribution in [-0.2, 0) is 6.54 Å². The minimum absolute atomic E-state index is 0.731. The minimum atomic E-state index is 0.731. The fourth-order valence-electron chi connectivity index (χ4n) is 1.20. The highest BCUT2D eigenvalue weighted by Crippen LogP contribution is 2.19. The lowest BCUT2D eigenvalue weighted by molar-refractivity contribution is 0.581. The zero-order valence-electron chi connectivity index (χ0n) is 7.96. The molecule has 0 radical (unpaired) electrons. The summed E-state index contributed by atoms with van der Waals surface area (Å²) in [6, 6.07) is 0.731. The second kappa shape index (κ2) is 3.98. The fraction of sp³-hybridized carbons (Fsp3) is 0.667. The number of aryl methyl sites for hydroxylation is 2. The van der Waals surface area contributed by atoms with Crippen molar-refractivity contribution in [1.82, 2.24) is 10.3 Å². The van der Waals surface area contributed by atoms with E-state index in [1.165, 1.54) is 27.1 Å². The van der Waals surface area contributed by atoms with E-state index in [0.29, 0.717) is 0 Å². The molecule has 0 bridgehead atoms. The summed E-state index contributed by atoms with van der Waals surface area (Å²) in [4.78, 5) is 5.84. The molecule has 1 fully saturated rings. The van der Waals surface area contributed by atoms with Crippen LogP contribution in [0.3, 0.4) is 0 Å². The zero-order valence-corrected chi connectivity index (χ0v) is 9.60. The Morgan fingerprint density at radius 3 is 2.69 bits per heavy atom. The van der Waals surface area contributed by atoms with Crippen molar-refractivity contribution >= 4 is 23.1 Å². The number of nitrogens with zero attached hydrogens (tertiary/aromatic N) is 1. The molecule has 0 saturated carbocycles. The molecule has 2 heterocycles. The predicted octanol–water partition coefficient (Wildman–Crippen LogP) is 1.96. The van der Waals surface area contributed by atoms with Crippen LogP contribution in [0.5, 0.6) is 0 Å². The first-order valence-electron chi connectivity index (χ1n) is 4.50. The molecule has 1 aliphatic heterocycles. The smallest absolute Gasteiger partial charge is 0.107 e. The molecular formula is C9H14N2S2. The lowest BCUT2D eigenvalue weighted by Gasteiger charge is -2.25. The maximum atomic E-state index is 4.49. The predicted molar refractivity (Wildman–Crippen MR) is 59.5 cm³/mol. The number of hydrogen-bond acceptors (Lipinski definition) is 4. The lowest BCUT2D eigenvalue weighted by atomic mass is 10.3. The Labute approximate surface area is 87.1 Å². The summed E-state index contributed by atoms with van der Waals surface area (Å²) in [5, 5.41) is 4.73. The van der Waals surface area contributed by atoms with Gasteiger partial charge >= 0.3 is 0 Å². The molecule has 1 aliphatic rings. The Balaban J connectivity index is 1.86. The number of aromatic nitrogens is 1. The summed E-state index contributed by atoms with van der Waals surface area (Å²) < 4.78 is 0. The van der Waals surface area contributed by atoms with Gasteiger partial charge in [0, 0.05) is 29.0 Å². The van der Waals surface area contributed by atoms with Crippen LogP contribution in [0.1, 0.15) is 15.6 Å². The Hall–Kier alpha value is -0.0600. The van der Waals surface area contributed by atoms with Gasteiger partial charge in [0.1, 0.15) is 5.01 Å². The van der Waals surface area contributed by atoms with Crippen molar-refractivity contribution in [3.05, 3.63) is 15.6 Å². The molecule has 4 heteroatoms. The molecule has 0 unspecified atom stereocenters. The standard InChI is InChI=1S/C9H14N2S2/c1-6-7(2)13-9(11-6)3-10-8-4-12-5-8/h8,10H,3-5H2,1-2H3. The monoisotopic (exact) mass is 214 g/mol. The summed E-state index contributed by atoms with van der Waals surface area (Å²) in [7, 11) is 0. The third-order valence-corrected chi connectivity index (χ3v) is 4.60. The first-order chi connectivity index (χ1) is 6.25. The van der Waals surface area contributed by atoms with E-state index in [4.69, 9.17) is 0 Å². The zero-order chi connectivity index (χ0) is 9.26. The van der Waals surface area contributed by atoms with E-state index in [0.717, 1.165) is 12.6 Å². The van der Waals surface area contributed by atoms with Gasteiger partial charge in [0.15, 0.2) is 0 Å². The summed E-state index contributed by atoms with van der Waals surface area (Å²) in [6.45, 7) is 5.16. The lowest BCUT2D eigenvalue weighted by Crippen LogP contribution is -2.39. The van der Waals surface area contributed by atoms with E-state index in [1.54, 1.807) is 0 Å². The van der Waals surface area contributed by atoms with Crippen molar-refractivity contribution in [3.8, 4) is 0 Å². The van der Waals surface area contributed by atoms with Crippen molar-refractivity contribution in [2.75, 3.05) is 11.5 Å². The van der Waals surface area contributed by atoms with Crippen LogP contribution < -0.4 is 5.32 Å². The van der Waals surface area contributed by atoms with Gasteiger partial charge in [-0.05, 0) is 13.8 Å². The molecule has 1 aromatic rings. The molecule has 0 amide bonds. The van der Waals surface area contributed by atoms with Crippen LogP contribution in [0.4, 0.5) is 0 Å². The van der Waals surface area contributed by atoms with Crippen LogP contribution in [-0.4, -0.2) is 22.5 Å². The quantitative estimate of drug-likeness (QED) is 0.832. The van der Waals surface area contributed by atoms with Gasteiger partial charge in [-0.3, -0.25) is 0 Å². The number of rotatable bonds is 3. The average Bonchev–Trinajstić information content (AvgIpc) is 2.28. The van der Waals surface area contributed by atoms with Gasteiger partial charge in [-0.15, -0.1) is 11.3 Å². The van der Waals surface area contributed by atoms with Crippen LogP contribution in [0.25, 0.3) is 0 Å². The van der Waals surface area contributed by atoms with Crippen molar-refractivity contribution < 1.29 is 0 Å². The molecule has 1 N–H and O–H groups in total. The highest BCUT2D eigenvalue weighted by atomic mass is 32.2. The summed E-state index contributed by atoms with van der Waals surface area (Å²) in [5.41, 5.74) is 1.18. The van der Waals surface area contributed by atoms with Gasteiger partial charge < -0.3 is 5.32 Å². The number of hydrogen-bond donors (Lipinski definition) is 1. The van der Waals surface area contributed by atoms with Crippen molar-refractivity contribution in [2.45, 2.75) is 26.4 Å². The molecule has 13 heavy (non-hydrogen) atoms. The summed E-state index contributed by atoms with van der Waals surface area (Å²) in [5.74, 6) is 2.53. The molecule has 0 atom stereocenters. The van der Waals surface area contributed by atoms with Crippen molar-refractivity contribution in [3.63, 3.8) is 0 Å². The number of thioether (sulfide) groups is 1. The van der Waals surface area contributed by atoms with Gasteiger partial charge in [-0.25, -0.2) is 4.98 Å². The second-order valence-electron chi connectivity index (χ2n) is 3.36. The highest BCUT2D eigenvalue weighted by Gasteiger charge is 2.17. The topological polar surface area (TPSA) is 24.9 Å². The fourth-order valence-corrected chi connectivity index (χ4v) is 2.79. The average molecular weight is 214 g/mol. The Kier molecular flexibility index (Phi) is 2.91. The summed E-state index contributed by atoms with van der Waals surface area (Å²) in [6.07, 6.45) is 0. The molecule has 2 rings (SSSR count). The van der Waals surface area contributed by atoms with Crippen LogP contribution in [0.2, 0.25) is 0 Å². The first kappa shape index (κ1) is 9.49. The molecular weight excluding hydrogens is 200 g/mol. The molecule has 1 saturated heterocycles. The third kappa shape index (κ3) is 2.24. The van der Waals surface area contributed by atoms with E-state index >= 15 is 0 Å². The Morgan fingerprint density at radius 2 is 2.23 bits per heavy atom. The maximum Gasteiger partial charge on any atom is 0.107 e. The van der Waals surface area contributed by atoms with Gasteiger partial charge in [0.05, 0.1) is 5.69 Å². The van der Waals surface area contributed by atoms with Crippen LogP contribution >= 0.6 is 23.1 Å². The molecule has 0 aliphatic carbocycles. The number of nitrogens with one attached hydrogen (secondary N) is 1. The van der Waals surface area contributed by atoms with Gasteiger partial charge in [0.2, 0.25) is 0 Å². The van der Waals surface area contributed by atoms with E-state index in [2.05, 4.69) is 24.1 Å². The van der Waals surface area contributed by atoms with E-state index in [-0.39, 0.29) is 0 Å². The highest BCUT2D eigenvalue weighted by molar-refractivity contribution is 8.00.